The first-order valence-electron chi connectivity index (χ1n) is 8.11. The second kappa shape index (κ2) is 7.94. The number of amides is 1. The number of carbonyl (C=O) groups is 1. The summed E-state index contributed by atoms with van der Waals surface area (Å²) in [5.41, 5.74) is -0.149. The summed E-state index contributed by atoms with van der Waals surface area (Å²) in [6.07, 6.45) is -5.25. The Labute approximate surface area is 158 Å². The van der Waals surface area contributed by atoms with Gasteiger partial charge in [-0.1, -0.05) is 36.4 Å². The minimum atomic E-state index is -4.49. The molecule has 1 aromatic heterocycles. The summed E-state index contributed by atoms with van der Waals surface area (Å²) in [6.45, 7) is 0.168. The van der Waals surface area contributed by atoms with Crippen LogP contribution in [0.1, 0.15) is 37.3 Å². The van der Waals surface area contributed by atoms with Crippen molar-refractivity contribution < 1.29 is 23.1 Å². The molecule has 0 bridgehead atoms. The van der Waals surface area contributed by atoms with Gasteiger partial charge in [-0.2, -0.15) is 13.2 Å². The maximum atomic E-state index is 12.7. The number of benzene rings is 2. The van der Waals surface area contributed by atoms with Crippen molar-refractivity contribution in [1.29, 1.82) is 0 Å². The Hall–Kier alpha value is -2.64. The highest BCUT2D eigenvalue weighted by Crippen LogP contribution is 2.30. The predicted octanol–water partition coefficient (Wildman–Crippen LogP) is 4.78. The molecule has 3 nitrogen and oxygen atoms in total. The third-order valence-corrected chi connectivity index (χ3v) is 5.08. The van der Waals surface area contributed by atoms with Crippen molar-refractivity contribution >= 4 is 17.2 Å². The van der Waals surface area contributed by atoms with Gasteiger partial charge in [-0.3, -0.25) is 4.79 Å². The van der Waals surface area contributed by atoms with Crippen LogP contribution in [0, 0.1) is 0 Å². The summed E-state index contributed by atoms with van der Waals surface area (Å²) in [5, 5.41) is 13.0. The summed E-state index contributed by atoms with van der Waals surface area (Å²) in [6, 6.07) is 17.0. The molecule has 0 saturated carbocycles. The lowest BCUT2D eigenvalue weighted by atomic mass is 10.1. The van der Waals surface area contributed by atoms with Gasteiger partial charge in [-0.05, 0) is 35.9 Å². The van der Waals surface area contributed by atoms with Gasteiger partial charge in [0.2, 0.25) is 0 Å². The van der Waals surface area contributed by atoms with Crippen LogP contribution in [-0.4, -0.2) is 11.0 Å². The number of aliphatic hydroxyl groups excluding tert-OH is 1. The van der Waals surface area contributed by atoms with Gasteiger partial charge in [0.15, 0.2) is 0 Å². The summed E-state index contributed by atoms with van der Waals surface area (Å²) < 4.78 is 38.2. The molecule has 0 spiro atoms. The standard InChI is InChI=1S/C20H16F3NO2S/c21-20(22,23)15-8-4-7-14(11-15)19(26)24-12-16-9-10-17(27-16)18(25)13-5-2-1-3-6-13/h1-11,18,25H,12H2,(H,24,26). The molecule has 0 saturated heterocycles. The lowest BCUT2D eigenvalue weighted by molar-refractivity contribution is -0.137. The molecule has 0 aliphatic carbocycles. The zero-order valence-corrected chi connectivity index (χ0v) is 14.8. The van der Waals surface area contributed by atoms with Gasteiger partial charge < -0.3 is 10.4 Å². The zero-order chi connectivity index (χ0) is 19.4. The molecule has 7 heteroatoms. The van der Waals surface area contributed by atoms with Crippen LogP contribution < -0.4 is 5.32 Å². The highest BCUT2D eigenvalue weighted by Gasteiger charge is 2.30. The minimum absolute atomic E-state index is 0.0501. The molecule has 140 valence electrons. The molecule has 0 aliphatic rings. The van der Waals surface area contributed by atoms with E-state index < -0.39 is 23.8 Å². The summed E-state index contributed by atoms with van der Waals surface area (Å²) >= 11 is 1.34. The number of aliphatic hydroxyl groups is 1. The molecule has 1 atom stereocenters. The molecule has 3 rings (SSSR count). The molecule has 1 unspecified atom stereocenters. The second-order valence-electron chi connectivity index (χ2n) is 5.88. The van der Waals surface area contributed by atoms with E-state index in [1.807, 2.05) is 30.3 Å². The fourth-order valence-electron chi connectivity index (χ4n) is 2.54. The number of hydrogen-bond donors (Lipinski definition) is 2. The number of nitrogens with one attached hydrogen (secondary N) is 1. The van der Waals surface area contributed by atoms with Gasteiger partial charge >= 0.3 is 6.18 Å². The van der Waals surface area contributed by atoms with Crippen LogP contribution in [-0.2, 0) is 12.7 Å². The summed E-state index contributed by atoms with van der Waals surface area (Å²) in [4.78, 5) is 13.7. The maximum absolute atomic E-state index is 12.7. The SMILES string of the molecule is O=C(NCc1ccc(C(O)c2ccccc2)s1)c1cccc(C(F)(F)F)c1. The van der Waals surface area contributed by atoms with E-state index in [-0.39, 0.29) is 12.1 Å². The fourth-order valence-corrected chi connectivity index (χ4v) is 3.51. The Morgan fingerprint density at radius 2 is 1.78 bits per heavy atom. The lowest BCUT2D eigenvalue weighted by Crippen LogP contribution is -2.22. The van der Waals surface area contributed by atoms with E-state index in [2.05, 4.69) is 5.32 Å². The van der Waals surface area contributed by atoms with Crippen molar-refractivity contribution in [2.45, 2.75) is 18.8 Å². The molecule has 2 N–H and O–H groups in total. The van der Waals surface area contributed by atoms with Crippen molar-refractivity contribution in [3.8, 4) is 0 Å². The van der Waals surface area contributed by atoms with E-state index in [1.54, 1.807) is 12.1 Å². The first-order chi connectivity index (χ1) is 12.8. The molecule has 0 aliphatic heterocycles. The topological polar surface area (TPSA) is 49.3 Å². The van der Waals surface area contributed by atoms with E-state index in [1.165, 1.54) is 23.5 Å². The Kier molecular flexibility index (Phi) is 5.62. The van der Waals surface area contributed by atoms with Crippen molar-refractivity contribution in [3.63, 3.8) is 0 Å². The largest absolute Gasteiger partial charge is 0.416 e. The molecule has 1 heterocycles. The van der Waals surface area contributed by atoms with Crippen LogP contribution in [0.5, 0.6) is 0 Å². The monoisotopic (exact) mass is 391 g/mol. The number of rotatable bonds is 5. The van der Waals surface area contributed by atoms with Crippen LogP contribution in [0.25, 0.3) is 0 Å². The normalized spacial score (nSPS) is 12.6. The van der Waals surface area contributed by atoms with E-state index in [0.717, 1.165) is 27.5 Å². The van der Waals surface area contributed by atoms with E-state index in [0.29, 0.717) is 0 Å². The third kappa shape index (κ3) is 4.75. The molecular formula is C20H16F3NO2S. The first kappa shape index (κ1) is 19.1. The summed E-state index contributed by atoms with van der Waals surface area (Å²) in [5.74, 6) is -0.584. The number of alkyl halides is 3. The van der Waals surface area contributed by atoms with Gasteiger partial charge in [0, 0.05) is 15.3 Å². The van der Waals surface area contributed by atoms with E-state index >= 15 is 0 Å². The molecular weight excluding hydrogens is 375 g/mol. The predicted molar refractivity (Wildman–Crippen MR) is 97.4 cm³/mol. The van der Waals surface area contributed by atoms with Crippen LogP contribution in [0.4, 0.5) is 13.2 Å². The number of thiophene rings is 1. The van der Waals surface area contributed by atoms with Crippen molar-refractivity contribution in [2.75, 3.05) is 0 Å². The molecule has 1 amide bonds. The Morgan fingerprint density at radius 3 is 2.48 bits per heavy atom. The van der Waals surface area contributed by atoms with Crippen molar-refractivity contribution in [3.05, 3.63) is 93.2 Å². The second-order valence-corrected chi connectivity index (χ2v) is 7.08. The van der Waals surface area contributed by atoms with Gasteiger partial charge in [0.25, 0.3) is 5.91 Å². The van der Waals surface area contributed by atoms with Crippen molar-refractivity contribution in [2.24, 2.45) is 0 Å². The average molecular weight is 391 g/mol. The van der Waals surface area contributed by atoms with Crippen LogP contribution in [0.2, 0.25) is 0 Å². The Morgan fingerprint density at radius 1 is 1.04 bits per heavy atom. The third-order valence-electron chi connectivity index (χ3n) is 3.94. The first-order valence-corrected chi connectivity index (χ1v) is 8.93. The summed E-state index contributed by atoms with van der Waals surface area (Å²) in [7, 11) is 0. The quantitative estimate of drug-likeness (QED) is 0.658. The van der Waals surface area contributed by atoms with Gasteiger partial charge in [-0.15, -0.1) is 11.3 Å². The van der Waals surface area contributed by atoms with Gasteiger partial charge in [0.1, 0.15) is 6.10 Å². The zero-order valence-electron chi connectivity index (χ0n) is 14.0. The molecule has 3 aromatic rings. The van der Waals surface area contributed by atoms with Gasteiger partial charge in [0.05, 0.1) is 12.1 Å². The van der Waals surface area contributed by atoms with Crippen LogP contribution >= 0.6 is 11.3 Å². The minimum Gasteiger partial charge on any atom is -0.383 e. The van der Waals surface area contributed by atoms with E-state index in [4.69, 9.17) is 0 Å². The number of hydrogen-bond acceptors (Lipinski definition) is 3. The van der Waals surface area contributed by atoms with E-state index in [9.17, 15) is 23.1 Å². The highest BCUT2D eigenvalue weighted by molar-refractivity contribution is 7.12. The fraction of sp³-hybridized carbons (Fsp3) is 0.150. The van der Waals surface area contributed by atoms with Crippen molar-refractivity contribution in [1.82, 2.24) is 5.32 Å². The number of halogens is 3. The number of carbonyl (C=O) groups excluding carboxylic acids is 1. The lowest BCUT2D eigenvalue weighted by Gasteiger charge is -2.09. The highest BCUT2D eigenvalue weighted by atomic mass is 32.1. The molecule has 0 fully saturated rings. The molecule has 2 aromatic carbocycles. The Balaban J connectivity index is 1.64. The molecule has 27 heavy (non-hydrogen) atoms. The van der Waals surface area contributed by atoms with Crippen LogP contribution in [0.15, 0.2) is 66.7 Å². The molecule has 0 radical (unpaired) electrons. The average Bonchev–Trinajstić information content (AvgIpc) is 3.14. The van der Waals surface area contributed by atoms with Gasteiger partial charge in [-0.25, -0.2) is 0 Å². The van der Waals surface area contributed by atoms with Crippen LogP contribution in [0.3, 0.4) is 0 Å². The Bertz CT molecular complexity index is 922. The maximum Gasteiger partial charge on any atom is 0.416 e. The smallest absolute Gasteiger partial charge is 0.383 e.